The van der Waals surface area contributed by atoms with Crippen molar-refractivity contribution in [2.75, 3.05) is 24.3 Å². The molecule has 0 spiro atoms. The molecule has 0 aromatic heterocycles. The van der Waals surface area contributed by atoms with Gasteiger partial charge in [-0.15, -0.1) is 0 Å². The van der Waals surface area contributed by atoms with Crippen LogP contribution in [0.3, 0.4) is 0 Å². The highest BCUT2D eigenvalue weighted by Crippen LogP contribution is 2.36. The number of ether oxygens (including phenoxy) is 1. The Morgan fingerprint density at radius 1 is 1.60 bits per heavy atom. The number of halogens is 1. The predicted molar refractivity (Wildman–Crippen MR) is 73.1 cm³/mol. The van der Waals surface area contributed by atoms with Crippen LogP contribution in [0.4, 0.5) is 11.4 Å². The van der Waals surface area contributed by atoms with Gasteiger partial charge < -0.3 is 15.4 Å². The van der Waals surface area contributed by atoms with E-state index in [0.29, 0.717) is 0 Å². The summed E-state index contributed by atoms with van der Waals surface area (Å²) in [5, 5.41) is 9.39. The van der Waals surface area contributed by atoms with Crippen molar-refractivity contribution in [2.24, 2.45) is 5.92 Å². The molecule has 1 aromatic rings. The molecule has 6 nitrogen and oxygen atoms in total. The largest absolute Gasteiger partial charge is 0.469 e. The van der Waals surface area contributed by atoms with Gasteiger partial charge in [0, 0.05) is 13.0 Å². The smallest absolute Gasteiger partial charge is 0.311 e. The molecule has 1 aromatic carbocycles. The minimum absolute atomic E-state index is 0.0312. The summed E-state index contributed by atoms with van der Waals surface area (Å²) in [5.74, 6) is -1.30. The van der Waals surface area contributed by atoms with E-state index in [0.717, 1.165) is 0 Å². The normalized spacial score (nSPS) is 17.9. The Morgan fingerprint density at radius 3 is 2.90 bits per heavy atom. The Hall–Kier alpha value is -2.26. The second-order valence-electron chi connectivity index (χ2n) is 4.40. The van der Waals surface area contributed by atoms with Crippen LogP contribution in [0.2, 0.25) is 5.02 Å². The number of hydrogen-bond donors (Lipinski definition) is 1. The first-order chi connectivity index (χ1) is 9.49. The molecule has 2 rings (SSSR count). The minimum atomic E-state index is -0.558. The van der Waals surface area contributed by atoms with E-state index in [1.165, 1.54) is 24.1 Å². The predicted octanol–water partition coefficient (Wildman–Crippen LogP) is 1.32. The molecule has 2 N–H and O–H groups in total. The van der Waals surface area contributed by atoms with Crippen LogP contribution in [0, 0.1) is 17.2 Å². The molecule has 1 amide bonds. The number of amides is 1. The third kappa shape index (κ3) is 2.28. The van der Waals surface area contributed by atoms with Gasteiger partial charge in [-0.1, -0.05) is 11.6 Å². The second-order valence-corrected chi connectivity index (χ2v) is 4.81. The lowest BCUT2D eigenvalue weighted by atomic mass is 10.1. The van der Waals surface area contributed by atoms with Crippen molar-refractivity contribution < 1.29 is 14.3 Å². The van der Waals surface area contributed by atoms with Gasteiger partial charge in [0.05, 0.1) is 35.0 Å². The number of nitrogens with zero attached hydrogens (tertiary/aromatic N) is 2. The third-order valence-corrected chi connectivity index (χ3v) is 3.51. The average Bonchev–Trinajstić information content (AvgIpc) is 2.81. The molecular weight excluding hydrogens is 282 g/mol. The Morgan fingerprint density at radius 2 is 2.30 bits per heavy atom. The van der Waals surface area contributed by atoms with E-state index in [-0.39, 0.29) is 40.8 Å². The Bertz CT molecular complexity index is 624. The summed E-state index contributed by atoms with van der Waals surface area (Å²) in [7, 11) is 1.27. The summed E-state index contributed by atoms with van der Waals surface area (Å²) in [6.07, 6.45) is 0.0312. The number of esters is 1. The molecule has 104 valence electrons. The summed E-state index contributed by atoms with van der Waals surface area (Å²) in [6.45, 7) is 0.130. The molecule has 0 bridgehead atoms. The maximum absolute atomic E-state index is 12.0. The molecule has 1 aliphatic heterocycles. The molecule has 7 heteroatoms. The van der Waals surface area contributed by atoms with Gasteiger partial charge in [-0.3, -0.25) is 9.59 Å². The first-order valence-corrected chi connectivity index (χ1v) is 6.23. The number of benzene rings is 1. The third-order valence-electron chi connectivity index (χ3n) is 3.20. The van der Waals surface area contributed by atoms with E-state index >= 15 is 0 Å². The van der Waals surface area contributed by atoms with E-state index in [2.05, 4.69) is 4.74 Å². The Balaban J connectivity index is 2.43. The van der Waals surface area contributed by atoms with Crippen LogP contribution < -0.4 is 10.6 Å². The van der Waals surface area contributed by atoms with E-state index in [4.69, 9.17) is 17.3 Å². The molecule has 1 heterocycles. The molecule has 0 saturated carbocycles. The number of nitrogens with two attached hydrogens (primary N) is 1. The van der Waals surface area contributed by atoms with Crippen molar-refractivity contribution >= 4 is 34.9 Å². The molecule has 1 fully saturated rings. The van der Waals surface area contributed by atoms with Crippen LogP contribution in [0.5, 0.6) is 0 Å². The van der Waals surface area contributed by atoms with Crippen LogP contribution in [-0.2, 0) is 14.3 Å². The van der Waals surface area contributed by atoms with Crippen LogP contribution >= 0.6 is 11.6 Å². The standard InChI is InChI=1S/C13H12ClN3O3/c1-20-13(19)7-4-11(18)17(6-7)12-8(5-15)9(14)2-3-10(12)16/h2-3,7H,4,6,16H2,1H3. The highest BCUT2D eigenvalue weighted by Gasteiger charge is 2.37. The Labute approximate surface area is 120 Å². The van der Waals surface area contributed by atoms with Crippen LogP contribution in [-0.4, -0.2) is 25.5 Å². The van der Waals surface area contributed by atoms with Crippen molar-refractivity contribution in [1.29, 1.82) is 5.26 Å². The van der Waals surface area contributed by atoms with Crippen molar-refractivity contribution in [1.82, 2.24) is 0 Å². The number of nitrogen functional groups attached to an aromatic ring is 1. The molecule has 1 saturated heterocycles. The molecule has 1 unspecified atom stereocenters. The zero-order valence-corrected chi connectivity index (χ0v) is 11.5. The maximum atomic E-state index is 12.0. The van der Waals surface area contributed by atoms with E-state index < -0.39 is 11.9 Å². The summed E-state index contributed by atoms with van der Waals surface area (Å²) in [6, 6.07) is 4.96. The van der Waals surface area contributed by atoms with Crippen molar-refractivity contribution in [3.8, 4) is 6.07 Å². The van der Waals surface area contributed by atoms with Gasteiger partial charge >= 0.3 is 5.97 Å². The van der Waals surface area contributed by atoms with Crippen LogP contribution in [0.25, 0.3) is 0 Å². The number of anilines is 2. The quantitative estimate of drug-likeness (QED) is 0.655. The van der Waals surface area contributed by atoms with Crippen molar-refractivity contribution in [3.05, 3.63) is 22.7 Å². The Kier molecular flexibility index (Phi) is 3.81. The zero-order chi connectivity index (χ0) is 14.9. The molecule has 0 aliphatic carbocycles. The van der Waals surface area contributed by atoms with Gasteiger partial charge in [0.15, 0.2) is 0 Å². The lowest BCUT2D eigenvalue weighted by Gasteiger charge is -2.20. The van der Waals surface area contributed by atoms with Gasteiger partial charge in [-0.2, -0.15) is 5.26 Å². The fourth-order valence-corrected chi connectivity index (χ4v) is 2.42. The van der Waals surface area contributed by atoms with Gasteiger partial charge in [0.1, 0.15) is 6.07 Å². The maximum Gasteiger partial charge on any atom is 0.311 e. The molecular formula is C13H12ClN3O3. The number of nitriles is 1. The summed E-state index contributed by atoms with van der Waals surface area (Å²) in [4.78, 5) is 24.9. The SMILES string of the molecule is COC(=O)C1CC(=O)N(c2c(N)ccc(Cl)c2C#N)C1. The van der Waals surface area contributed by atoms with Gasteiger partial charge in [0.2, 0.25) is 5.91 Å². The number of hydrogen-bond acceptors (Lipinski definition) is 5. The topological polar surface area (TPSA) is 96.4 Å². The highest BCUT2D eigenvalue weighted by molar-refractivity contribution is 6.32. The molecule has 1 aliphatic rings. The number of rotatable bonds is 2. The number of carbonyl (C=O) groups excluding carboxylic acids is 2. The van der Waals surface area contributed by atoms with E-state index in [1.807, 2.05) is 6.07 Å². The second kappa shape index (κ2) is 5.39. The molecule has 1 atom stereocenters. The summed E-state index contributed by atoms with van der Waals surface area (Å²) < 4.78 is 4.64. The first-order valence-electron chi connectivity index (χ1n) is 5.85. The van der Waals surface area contributed by atoms with Gasteiger partial charge in [-0.05, 0) is 12.1 Å². The summed E-state index contributed by atoms with van der Waals surface area (Å²) >= 11 is 5.95. The highest BCUT2D eigenvalue weighted by atomic mass is 35.5. The molecule has 20 heavy (non-hydrogen) atoms. The monoisotopic (exact) mass is 293 g/mol. The fourth-order valence-electron chi connectivity index (χ4n) is 2.23. The van der Waals surface area contributed by atoms with E-state index in [9.17, 15) is 14.9 Å². The zero-order valence-electron chi connectivity index (χ0n) is 10.7. The molecule has 0 radical (unpaired) electrons. The van der Waals surface area contributed by atoms with Crippen LogP contribution in [0.15, 0.2) is 12.1 Å². The first kappa shape index (κ1) is 14.2. The minimum Gasteiger partial charge on any atom is -0.469 e. The van der Waals surface area contributed by atoms with E-state index in [1.54, 1.807) is 0 Å². The lowest BCUT2D eigenvalue weighted by Crippen LogP contribution is -2.28. The van der Waals surface area contributed by atoms with Crippen molar-refractivity contribution in [3.63, 3.8) is 0 Å². The fraction of sp³-hybridized carbons (Fsp3) is 0.308. The van der Waals surface area contributed by atoms with Crippen LogP contribution in [0.1, 0.15) is 12.0 Å². The number of methoxy groups -OCH3 is 1. The lowest BCUT2D eigenvalue weighted by molar-refractivity contribution is -0.145. The van der Waals surface area contributed by atoms with Crippen molar-refractivity contribution in [2.45, 2.75) is 6.42 Å². The average molecular weight is 294 g/mol. The van der Waals surface area contributed by atoms with Gasteiger partial charge in [-0.25, -0.2) is 0 Å². The summed E-state index contributed by atoms with van der Waals surface area (Å²) in [5.41, 5.74) is 6.50. The number of carbonyl (C=O) groups is 2. The van der Waals surface area contributed by atoms with Gasteiger partial charge in [0.25, 0.3) is 0 Å².